The summed E-state index contributed by atoms with van der Waals surface area (Å²) in [6.45, 7) is 0.204. The number of methoxy groups -OCH3 is 1. The molecule has 0 aliphatic rings. The monoisotopic (exact) mass is 396 g/mol. The molecule has 2 N–H and O–H groups in total. The smallest absolute Gasteiger partial charge is 0.259 e. The Hall–Kier alpha value is -3.16. The zero-order valence-electron chi connectivity index (χ0n) is 15.3. The van der Waals surface area contributed by atoms with Gasteiger partial charge in [-0.15, -0.1) is 0 Å². The number of para-hydroxylation sites is 1. The van der Waals surface area contributed by atoms with Crippen molar-refractivity contribution in [2.45, 2.75) is 11.4 Å². The van der Waals surface area contributed by atoms with Crippen molar-refractivity contribution in [2.24, 2.45) is 0 Å². The Morgan fingerprint density at radius 1 is 0.893 bits per heavy atom. The van der Waals surface area contributed by atoms with E-state index in [9.17, 15) is 13.2 Å². The first kappa shape index (κ1) is 19.6. The second-order valence-electron chi connectivity index (χ2n) is 5.99. The van der Waals surface area contributed by atoms with Crippen molar-refractivity contribution in [2.75, 3.05) is 12.4 Å². The minimum Gasteiger partial charge on any atom is -0.496 e. The average molecular weight is 396 g/mol. The van der Waals surface area contributed by atoms with Gasteiger partial charge in [0.05, 0.1) is 17.6 Å². The maximum absolute atomic E-state index is 12.4. The Kier molecular flexibility index (Phi) is 6.08. The van der Waals surface area contributed by atoms with Crippen LogP contribution >= 0.6 is 0 Å². The molecule has 0 fully saturated rings. The maximum Gasteiger partial charge on any atom is 0.259 e. The molecule has 0 unspecified atom stereocenters. The van der Waals surface area contributed by atoms with Crippen LogP contribution in [0.5, 0.6) is 5.75 Å². The number of benzene rings is 3. The van der Waals surface area contributed by atoms with E-state index >= 15 is 0 Å². The molecule has 28 heavy (non-hydrogen) atoms. The summed E-state index contributed by atoms with van der Waals surface area (Å²) in [6.07, 6.45) is 0. The first-order chi connectivity index (χ1) is 13.5. The van der Waals surface area contributed by atoms with Crippen LogP contribution in [0.3, 0.4) is 0 Å². The molecule has 0 bridgehead atoms. The second-order valence-corrected chi connectivity index (χ2v) is 7.76. The molecular weight excluding hydrogens is 376 g/mol. The van der Waals surface area contributed by atoms with Crippen LogP contribution in [0.1, 0.15) is 15.9 Å². The number of anilines is 1. The Morgan fingerprint density at radius 2 is 1.54 bits per heavy atom. The van der Waals surface area contributed by atoms with Gasteiger partial charge in [-0.3, -0.25) is 4.79 Å². The highest BCUT2D eigenvalue weighted by atomic mass is 32.2. The summed E-state index contributed by atoms with van der Waals surface area (Å²) in [5.74, 6) is 0.125. The highest BCUT2D eigenvalue weighted by molar-refractivity contribution is 7.89. The van der Waals surface area contributed by atoms with Crippen LogP contribution < -0.4 is 14.8 Å². The van der Waals surface area contributed by atoms with Gasteiger partial charge in [-0.25, -0.2) is 13.1 Å². The van der Waals surface area contributed by atoms with Crippen molar-refractivity contribution in [3.63, 3.8) is 0 Å². The van der Waals surface area contributed by atoms with Gasteiger partial charge in [0.15, 0.2) is 0 Å². The summed E-state index contributed by atoms with van der Waals surface area (Å²) < 4.78 is 32.6. The fourth-order valence-corrected chi connectivity index (χ4v) is 3.62. The molecule has 0 aliphatic heterocycles. The van der Waals surface area contributed by atoms with Crippen LogP contribution in [0.15, 0.2) is 83.8 Å². The fourth-order valence-electron chi connectivity index (χ4n) is 2.61. The van der Waals surface area contributed by atoms with Crippen LogP contribution in [0.2, 0.25) is 0 Å². The van der Waals surface area contributed by atoms with E-state index in [0.717, 1.165) is 5.56 Å². The van der Waals surface area contributed by atoms with E-state index in [4.69, 9.17) is 4.74 Å². The lowest BCUT2D eigenvalue weighted by atomic mass is 10.2. The predicted molar refractivity (Wildman–Crippen MR) is 108 cm³/mol. The summed E-state index contributed by atoms with van der Waals surface area (Å²) >= 11 is 0. The molecule has 0 radical (unpaired) electrons. The van der Waals surface area contributed by atoms with Gasteiger partial charge in [0.1, 0.15) is 5.75 Å². The number of carbonyl (C=O) groups is 1. The Morgan fingerprint density at radius 3 is 2.21 bits per heavy atom. The van der Waals surface area contributed by atoms with Gasteiger partial charge < -0.3 is 10.1 Å². The first-order valence-electron chi connectivity index (χ1n) is 8.57. The molecule has 144 valence electrons. The van der Waals surface area contributed by atoms with Gasteiger partial charge in [0.25, 0.3) is 5.91 Å². The molecule has 3 rings (SSSR count). The van der Waals surface area contributed by atoms with Gasteiger partial charge in [-0.1, -0.05) is 42.5 Å². The number of ether oxygens (including phenoxy) is 1. The van der Waals surface area contributed by atoms with Crippen molar-refractivity contribution >= 4 is 21.6 Å². The Labute approximate surface area is 164 Å². The summed E-state index contributed by atoms with van der Waals surface area (Å²) in [5, 5.41) is 2.74. The van der Waals surface area contributed by atoms with Crippen LogP contribution in [0, 0.1) is 0 Å². The van der Waals surface area contributed by atoms with Crippen LogP contribution in [-0.2, 0) is 16.6 Å². The number of hydrogen-bond acceptors (Lipinski definition) is 4. The van der Waals surface area contributed by atoms with E-state index in [2.05, 4.69) is 10.0 Å². The number of sulfonamides is 1. The number of amides is 1. The third-order valence-corrected chi connectivity index (χ3v) is 5.50. The van der Waals surface area contributed by atoms with E-state index in [0.29, 0.717) is 17.0 Å². The molecule has 1 amide bonds. The molecule has 7 heteroatoms. The van der Waals surface area contributed by atoms with E-state index in [1.165, 1.54) is 19.2 Å². The van der Waals surface area contributed by atoms with Gasteiger partial charge in [0, 0.05) is 12.2 Å². The fraction of sp³-hybridized carbons (Fsp3) is 0.0952. The number of nitrogens with one attached hydrogen (secondary N) is 2. The molecule has 0 saturated heterocycles. The zero-order valence-corrected chi connectivity index (χ0v) is 16.1. The van der Waals surface area contributed by atoms with Gasteiger partial charge in [-0.05, 0) is 42.0 Å². The summed E-state index contributed by atoms with van der Waals surface area (Å²) in [4.78, 5) is 12.5. The minimum absolute atomic E-state index is 0.124. The summed E-state index contributed by atoms with van der Waals surface area (Å²) in [5.41, 5.74) is 1.75. The van der Waals surface area contributed by atoms with Gasteiger partial charge in [-0.2, -0.15) is 0 Å². The van der Waals surface area contributed by atoms with Crippen molar-refractivity contribution in [1.29, 1.82) is 0 Å². The largest absolute Gasteiger partial charge is 0.496 e. The van der Waals surface area contributed by atoms with Crippen LogP contribution in [0.4, 0.5) is 5.69 Å². The lowest BCUT2D eigenvalue weighted by Crippen LogP contribution is -2.23. The average Bonchev–Trinajstić information content (AvgIpc) is 2.73. The third-order valence-electron chi connectivity index (χ3n) is 4.08. The topological polar surface area (TPSA) is 84.5 Å². The second kappa shape index (κ2) is 8.69. The van der Waals surface area contributed by atoms with Crippen LogP contribution in [0.25, 0.3) is 0 Å². The molecule has 0 saturated carbocycles. The molecule has 0 atom stereocenters. The highest BCUT2D eigenvalue weighted by Gasteiger charge is 2.15. The van der Waals surface area contributed by atoms with E-state index in [1.807, 2.05) is 30.3 Å². The molecular formula is C21H20N2O4S. The van der Waals surface area contributed by atoms with Gasteiger partial charge in [0.2, 0.25) is 10.0 Å². The lowest BCUT2D eigenvalue weighted by Gasteiger charge is -2.10. The maximum atomic E-state index is 12.4. The quantitative estimate of drug-likeness (QED) is 0.641. The standard InChI is InChI=1S/C21H20N2O4S/c1-27-20-10-6-5-9-19(20)21(24)23-17-11-13-18(14-12-17)28(25,26)22-15-16-7-3-2-4-8-16/h2-14,22H,15H2,1H3,(H,23,24). The number of rotatable bonds is 7. The Bertz CT molecular complexity index is 1050. The third kappa shape index (κ3) is 4.76. The van der Waals surface area contributed by atoms with Gasteiger partial charge >= 0.3 is 0 Å². The SMILES string of the molecule is COc1ccccc1C(=O)Nc1ccc(S(=O)(=O)NCc2ccccc2)cc1. The van der Waals surface area contributed by atoms with E-state index in [-0.39, 0.29) is 17.3 Å². The van der Waals surface area contributed by atoms with Crippen molar-refractivity contribution in [3.05, 3.63) is 90.0 Å². The summed E-state index contributed by atoms with van der Waals surface area (Å²) in [6, 6.07) is 22.1. The molecule has 6 nitrogen and oxygen atoms in total. The Balaban J connectivity index is 1.68. The molecule has 3 aromatic carbocycles. The predicted octanol–water partition coefficient (Wildman–Crippen LogP) is 3.43. The van der Waals surface area contributed by atoms with Crippen LogP contribution in [-0.4, -0.2) is 21.4 Å². The number of carbonyl (C=O) groups excluding carboxylic acids is 1. The first-order valence-corrected chi connectivity index (χ1v) is 10.1. The minimum atomic E-state index is -3.65. The molecule has 3 aromatic rings. The molecule has 0 aromatic heterocycles. The highest BCUT2D eigenvalue weighted by Crippen LogP contribution is 2.20. The van der Waals surface area contributed by atoms with E-state index < -0.39 is 10.0 Å². The van der Waals surface area contributed by atoms with Crippen molar-refractivity contribution in [1.82, 2.24) is 4.72 Å². The molecule has 0 aliphatic carbocycles. The van der Waals surface area contributed by atoms with E-state index in [1.54, 1.807) is 36.4 Å². The normalized spacial score (nSPS) is 11.0. The van der Waals surface area contributed by atoms with Crippen molar-refractivity contribution < 1.29 is 17.9 Å². The summed E-state index contributed by atoms with van der Waals surface area (Å²) in [7, 11) is -2.15. The zero-order chi connectivity index (χ0) is 20.0. The number of hydrogen-bond donors (Lipinski definition) is 2. The lowest BCUT2D eigenvalue weighted by molar-refractivity contribution is 0.102. The molecule has 0 spiro atoms. The van der Waals surface area contributed by atoms with Crippen molar-refractivity contribution in [3.8, 4) is 5.75 Å². The molecule has 0 heterocycles.